The van der Waals surface area contributed by atoms with Crippen molar-refractivity contribution in [2.45, 2.75) is 17.9 Å². The Labute approximate surface area is 189 Å². The van der Waals surface area contributed by atoms with Gasteiger partial charge in [0.25, 0.3) is 5.91 Å². The first kappa shape index (κ1) is 22.9. The molecule has 0 aliphatic rings. The molecule has 2 aromatic carbocycles. The number of rotatable bonds is 10. The molecule has 1 heterocycles. The van der Waals surface area contributed by atoms with E-state index in [1.54, 1.807) is 38.5 Å². The number of halogens is 1. The number of hydrogen-bond acceptors (Lipinski definition) is 5. The minimum Gasteiger partial charge on any atom is -0.497 e. The van der Waals surface area contributed by atoms with E-state index >= 15 is 0 Å². The Balaban J connectivity index is 1.51. The first-order valence-corrected chi connectivity index (χ1v) is 11.5. The van der Waals surface area contributed by atoms with Gasteiger partial charge in [-0.25, -0.2) is 0 Å². The highest BCUT2D eigenvalue weighted by Gasteiger charge is 2.14. The van der Waals surface area contributed by atoms with Crippen molar-refractivity contribution in [3.8, 4) is 11.5 Å². The Morgan fingerprint density at radius 2 is 1.81 bits per heavy atom. The summed E-state index contributed by atoms with van der Waals surface area (Å²) in [6, 6.07) is 16.0. The maximum absolute atomic E-state index is 12.4. The normalized spacial score (nSPS) is 11.7. The molecule has 1 amide bonds. The molecule has 1 atom stereocenters. The predicted octanol–water partition coefficient (Wildman–Crippen LogP) is 4.37. The van der Waals surface area contributed by atoms with Crippen LogP contribution < -0.4 is 14.8 Å². The standard InChI is InChI=1S/C23H24ClNO5S/c1-28-19-7-9-21(29-2)17(13-19)11-12-25-23(26)22-10-8-20(30-22)15-31(27)14-16-3-5-18(24)6-4-16/h3-10,13H,11-12,14-15H2,1-2H3,(H,25,26)/t31-/m0/s1. The molecule has 8 heteroatoms. The van der Waals surface area contributed by atoms with Crippen LogP contribution in [0, 0.1) is 0 Å². The van der Waals surface area contributed by atoms with E-state index in [0.717, 1.165) is 22.6 Å². The number of furan rings is 1. The van der Waals surface area contributed by atoms with Gasteiger partial charge in [-0.05, 0) is 60.0 Å². The number of amides is 1. The third-order valence-electron chi connectivity index (χ3n) is 4.60. The molecule has 0 unspecified atom stereocenters. The van der Waals surface area contributed by atoms with E-state index in [1.165, 1.54) is 0 Å². The Morgan fingerprint density at radius 1 is 1.03 bits per heavy atom. The smallest absolute Gasteiger partial charge is 0.287 e. The van der Waals surface area contributed by atoms with Gasteiger partial charge in [-0.2, -0.15) is 0 Å². The van der Waals surface area contributed by atoms with E-state index in [4.69, 9.17) is 25.5 Å². The molecule has 0 bridgehead atoms. The third-order valence-corrected chi connectivity index (χ3v) is 6.11. The molecule has 0 aliphatic heterocycles. The highest BCUT2D eigenvalue weighted by atomic mass is 35.5. The zero-order chi connectivity index (χ0) is 22.2. The van der Waals surface area contributed by atoms with Crippen LogP contribution in [0.2, 0.25) is 5.02 Å². The van der Waals surface area contributed by atoms with E-state index in [0.29, 0.717) is 29.5 Å². The number of methoxy groups -OCH3 is 2. The molecule has 0 radical (unpaired) electrons. The lowest BCUT2D eigenvalue weighted by Crippen LogP contribution is -2.25. The van der Waals surface area contributed by atoms with Gasteiger partial charge in [-0.3, -0.25) is 9.00 Å². The van der Waals surface area contributed by atoms with Crippen molar-refractivity contribution in [2.24, 2.45) is 0 Å². The fraction of sp³-hybridized carbons (Fsp3) is 0.261. The van der Waals surface area contributed by atoms with Gasteiger partial charge in [-0.15, -0.1) is 0 Å². The molecule has 0 spiro atoms. The highest BCUT2D eigenvalue weighted by Crippen LogP contribution is 2.24. The van der Waals surface area contributed by atoms with Crippen LogP contribution in [0.25, 0.3) is 0 Å². The zero-order valence-electron chi connectivity index (χ0n) is 17.4. The van der Waals surface area contributed by atoms with Crippen LogP contribution in [0.3, 0.4) is 0 Å². The number of ether oxygens (including phenoxy) is 2. The SMILES string of the molecule is COc1ccc(OC)c(CCNC(=O)c2ccc(C[S@@](=O)Cc3ccc(Cl)cc3)o2)c1. The second-order valence-corrected chi connectivity index (χ2v) is 8.70. The molecule has 1 N–H and O–H groups in total. The molecule has 0 saturated heterocycles. The van der Waals surface area contributed by atoms with Crippen molar-refractivity contribution in [3.05, 3.63) is 82.3 Å². The second-order valence-electron chi connectivity index (χ2n) is 6.80. The highest BCUT2D eigenvalue weighted by molar-refractivity contribution is 7.83. The minimum atomic E-state index is -1.16. The summed E-state index contributed by atoms with van der Waals surface area (Å²) in [5, 5.41) is 3.47. The maximum atomic E-state index is 12.4. The van der Waals surface area contributed by atoms with E-state index in [9.17, 15) is 9.00 Å². The van der Waals surface area contributed by atoms with Crippen LogP contribution in [0.5, 0.6) is 11.5 Å². The van der Waals surface area contributed by atoms with Crippen LogP contribution in [-0.4, -0.2) is 30.9 Å². The Bertz CT molecular complexity index is 1050. The first-order valence-electron chi connectivity index (χ1n) is 9.65. The monoisotopic (exact) mass is 461 g/mol. The minimum absolute atomic E-state index is 0.191. The van der Waals surface area contributed by atoms with Gasteiger partial charge in [0, 0.05) is 28.1 Å². The lowest BCUT2D eigenvalue weighted by molar-refractivity contribution is 0.0925. The predicted molar refractivity (Wildman–Crippen MR) is 121 cm³/mol. The summed E-state index contributed by atoms with van der Waals surface area (Å²) in [6.45, 7) is 0.404. The summed E-state index contributed by atoms with van der Waals surface area (Å²) in [5.74, 6) is 2.46. The summed E-state index contributed by atoms with van der Waals surface area (Å²) in [5.41, 5.74) is 1.86. The van der Waals surface area contributed by atoms with Gasteiger partial charge in [0.1, 0.15) is 17.3 Å². The Morgan fingerprint density at radius 3 is 2.52 bits per heavy atom. The van der Waals surface area contributed by atoms with Gasteiger partial charge in [0.05, 0.1) is 20.0 Å². The van der Waals surface area contributed by atoms with Crippen molar-refractivity contribution in [1.82, 2.24) is 5.32 Å². The fourth-order valence-corrected chi connectivity index (χ4v) is 4.29. The van der Waals surface area contributed by atoms with Crippen LogP contribution in [0.15, 0.2) is 59.0 Å². The van der Waals surface area contributed by atoms with Crippen molar-refractivity contribution in [3.63, 3.8) is 0 Å². The number of carbonyl (C=O) groups excluding carboxylic acids is 1. The average molecular weight is 462 g/mol. The molecule has 31 heavy (non-hydrogen) atoms. The largest absolute Gasteiger partial charge is 0.497 e. The molecular formula is C23H24ClNO5S. The maximum Gasteiger partial charge on any atom is 0.287 e. The lowest BCUT2D eigenvalue weighted by atomic mass is 10.1. The summed E-state index contributed by atoms with van der Waals surface area (Å²) < 4.78 is 28.6. The topological polar surface area (TPSA) is 77.8 Å². The van der Waals surface area contributed by atoms with Gasteiger partial charge in [-0.1, -0.05) is 23.7 Å². The van der Waals surface area contributed by atoms with E-state index < -0.39 is 10.8 Å². The van der Waals surface area contributed by atoms with Gasteiger partial charge < -0.3 is 19.2 Å². The first-order chi connectivity index (χ1) is 15.0. The third kappa shape index (κ3) is 6.60. The molecule has 1 aromatic heterocycles. The van der Waals surface area contributed by atoms with Crippen LogP contribution in [0.1, 0.15) is 27.4 Å². The summed E-state index contributed by atoms with van der Waals surface area (Å²) >= 11 is 5.87. The van der Waals surface area contributed by atoms with E-state index in [-0.39, 0.29) is 17.4 Å². The molecule has 3 aromatic rings. The van der Waals surface area contributed by atoms with Gasteiger partial charge in [0.2, 0.25) is 0 Å². The zero-order valence-corrected chi connectivity index (χ0v) is 18.9. The molecule has 0 saturated carbocycles. The summed E-state index contributed by atoms with van der Waals surface area (Å²) in [4.78, 5) is 12.4. The van der Waals surface area contributed by atoms with Crippen molar-refractivity contribution < 1.29 is 22.9 Å². The van der Waals surface area contributed by atoms with E-state index in [2.05, 4.69) is 5.32 Å². The van der Waals surface area contributed by atoms with Crippen LogP contribution in [0.4, 0.5) is 0 Å². The molecular weight excluding hydrogens is 438 g/mol. The lowest BCUT2D eigenvalue weighted by Gasteiger charge is -2.10. The number of benzene rings is 2. The number of hydrogen-bond donors (Lipinski definition) is 1. The molecule has 6 nitrogen and oxygen atoms in total. The fourth-order valence-electron chi connectivity index (χ4n) is 3.03. The second kappa shape index (κ2) is 11.0. The van der Waals surface area contributed by atoms with Gasteiger partial charge in [0.15, 0.2) is 5.76 Å². The van der Waals surface area contributed by atoms with Crippen LogP contribution >= 0.6 is 11.6 Å². The summed E-state index contributed by atoms with van der Waals surface area (Å²) in [6.07, 6.45) is 0.574. The molecule has 164 valence electrons. The Kier molecular flexibility index (Phi) is 8.14. The van der Waals surface area contributed by atoms with Crippen molar-refractivity contribution in [1.29, 1.82) is 0 Å². The number of nitrogens with one attached hydrogen (secondary N) is 1. The van der Waals surface area contributed by atoms with Crippen molar-refractivity contribution >= 4 is 28.3 Å². The summed E-state index contributed by atoms with van der Waals surface area (Å²) in [7, 11) is 2.04. The van der Waals surface area contributed by atoms with Crippen molar-refractivity contribution in [2.75, 3.05) is 20.8 Å². The van der Waals surface area contributed by atoms with Gasteiger partial charge >= 0.3 is 0 Å². The van der Waals surface area contributed by atoms with E-state index in [1.807, 2.05) is 30.3 Å². The number of carbonyl (C=O) groups is 1. The average Bonchev–Trinajstić information content (AvgIpc) is 3.23. The Hall–Kier alpha value is -2.77. The molecule has 0 aliphatic carbocycles. The quantitative estimate of drug-likeness (QED) is 0.485. The molecule has 0 fully saturated rings. The van der Waals surface area contributed by atoms with Crippen LogP contribution in [-0.2, 0) is 28.7 Å². The molecule has 3 rings (SSSR count).